The molecule has 6 unspecified atom stereocenters. The first-order valence-electron chi connectivity index (χ1n) is 14.6. The number of ether oxygens (including phenoxy) is 3. The highest BCUT2D eigenvalue weighted by atomic mass is 16.6. The van der Waals surface area contributed by atoms with Crippen LogP contribution in [-0.2, 0) is 14.4 Å². The van der Waals surface area contributed by atoms with Crippen LogP contribution < -0.4 is 14.2 Å². The molecular weight excluding hydrogens is 492 g/mol. The molecule has 6 atom stereocenters. The first-order chi connectivity index (χ1) is 18.7. The third kappa shape index (κ3) is 3.85. The van der Waals surface area contributed by atoms with Crippen LogP contribution in [0.4, 0.5) is 0 Å². The minimum Gasteiger partial charge on any atom is -0.423 e. The van der Waals surface area contributed by atoms with E-state index in [4.69, 9.17) is 14.2 Å². The Morgan fingerprint density at radius 2 is 0.846 bits per heavy atom. The highest BCUT2D eigenvalue weighted by Gasteiger charge is 2.62. The molecule has 6 fully saturated rings. The van der Waals surface area contributed by atoms with Gasteiger partial charge in [-0.3, -0.25) is 0 Å². The van der Waals surface area contributed by atoms with Gasteiger partial charge in [-0.2, -0.15) is 0 Å². The Hall–Kier alpha value is -3.15. The van der Waals surface area contributed by atoms with Gasteiger partial charge in [0.05, 0.1) is 0 Å². The highest BCUT2D eigenvalue weighted by molar-refractivity contribution is 5.94. The maximum atomic E-state index is 13.1. The zero-order valence-corrected chi connectivity index (χ0v) is 22.5. The molecule has 1 aromatic carbocycles. The number of fused-ring (bicyclic) bond motifs is 3. The average Bonchev–Trinajstić information content (AvgIpc) is 3.84. The van der Waals surface area contributed by atoms with Crippen molar-refractivity contribution in [1.82, 2.24) is 0 Å². The predicted octanol–water partition coefficient (Wildman–Crippen LogP) is 6.64. The molecule has 1 aromatic rings. The molecule has 6 saturated carbocycles. The lowest BCUT2D eigenvalue weighted by atomic mass is 9.94. The Morgan fingerprint density at radius 1 is 0.564 bits per heavy atom. The zero-order chi connectivity index (χ0) is 27.2. The number of hydrogen-bond donors (Lipinski definition) is 0. The molecule has 6 aliphatic rings. The average molecular weight is 529 g/mol. The van der Waals surface area contributed by atoms with E-state index >= 15 is 0 Å². The summed E-state index contributed by atoms with van der Waals surface area (Å²) >= 11 is 0. The van der Waals surface area contributed by atoms with Gasteiger partial charge in [0.1, 0.15) is 17.2 Å². The molecule has 0 bridgehead atoms. The number of esters is 3. The fraction of sp³-hybridized carbons (Fsp3) is 0.545. The van der Waals surface area contributed by atoms with Gasteiger partial charge in [0.15, 0.2) is 0 Å². The van der Waals surface area contributed by atoms with Gasteiger partial charge in [-0.25, -0.2) is 14.4 Å². The van der Waals surface area contributed by atoms with Crippen molar-refractivity contribution in [3.63, 3.8) is 0 Å². The molecule has 0 aromatic heterocycles. The third-order valence-corrected chi connectivity index (χ3v) is 11.2. The van der Waals surface area contributed by atoms with Crippen molar-refractivity contribution in [2.75, 3.05) is 0 Å². The van der Waals surface area contributed by atoms with Gasteiger partial charge in [0.25, 0.3) is 0 Å². The molecular formula is C33H36O6. The second-order valence-corrected chi connectivity index (χ2v) is 13.1. The summed E-state index contributed by atoms with van der Waals surface area (Å²) in [6.45, 7) is 12.2. The van der Waals surface area contributed by atoms with Crippen LogP contribution in [0.2, 0.25) is 0 Å². The van der Waals surface area contributed by atoms with E-state index in [-0.39, 0.29) is 33.5 Å². The molecule has 0 heterocycles. The molecule has 0 N–H and O–H groups in total. The van der Waals surface area contributed by atoms with Crippen LogP contribution in [0.25, 0.3) is 0 Å². The van der Waals surface area contributed by atoms with Crippen molar-refractivity contribution >= 4 is 17.9 Å². The Balaban J connectivity index is 1.11. The van der Waals surface area contributed by atoms with E-state index in [0.29, 0.717) is 34.5 Å². The molecule has 0 amide bonds. The SMILES string of the molecule is C=C(C(=O)Oc1cc(OC(=O)C(=C)C23CCCC2C3)cc(OC(=O)C(=C)C23CCCC2C3)c1)C12CCCC1C2. The normalized spacial score (nSPS) is 36.2. The van der Waals surface area contributed by atoms with Gasteiger partial charge < -0.3 is 14.2 Å². The minimum absolute atomic E-state index is 0.130. The Bertz CT molecular complexity index is 1180. The summed E-state index contributed by atoms with van der Waals surface area (Å²) in [6.07, 6.45) is 12.5. The topological polar surface area (TPSA) is 78.9 Å². The van der Waals surface area contributed by atoms with Crippen LogP contribution >= 0.6 is 0 Å². The lowest BCUT2D eigenvalue weighted by molar-refractivity contribution is -0.131. The Morgan fingerprint density at radius 3 is 1.05 bits per heavy atom. The van der Waals surface area contributed by atoms with Crippen molar-refractivity contribution in [3.05, 3.63) is 54.7 Å². The summed E-state index contributed by atoms with van der Waals surface area (Å²) in [5.41, 5.74) is 1.09. The van der Waals surface area contributed by atoms with E-state index in [2.05, 4.69) is 19.7 Å². The van der Waals surface area contributed by atoms with E-state index in [9.17, 15) is 14.4 Å². The lowest BCUT2D eigenvalue weighted by Gasteiger charge is -2.18. The quantitative estimate of drug-likeness (QED) is 0.203. The smallest absolute Gasteiger partial charge is 0.339 e. The maximum Gasteiger partial charge on any atom is 0.339 e. The van der Waals surface area contributed by atoms with Crippen LogP contribution in [0, 0.1) is 34.0 Å². The lowest BCUT2D eigenvalue weighted by Crippen LogP contribution is -2.20. The van der Waals surface area contributed by atoms with Crippen LogP contribution in [0.5, 0.6) is 17.2 Å². The monoisotopic (exact) mass is 528 g/mol. The summed E-state index contributed by atoms with van der Waals surface area (Å²) in [6, 6.07) is 4.47. The Kier molecular flexibility index (Phi) is 5.37. The fourth-order valence-corrected chi connectivity index (χ4v) is 8.59. The first-order valence-corrected chi connectivity index (χ1v) is 14.6. The molecule has 6 aliphatic carbocycles. The summed E-state index contributed by atoms with van der Waals surface area (Å²) < 4.78 is 17.2. The first kappa shape index (κ1) is 24.9. The molecule has 0 aliphatic heterocycles. The van der Waals surface area contributed by atoms with Gasteiger partial charge in [-0.05, 0) is 75.5 Å². The van der Waals surface area contributed by atoms with E-state index < -0.39 is 17.9 Å². The van der Waals surface area contributed by atoms with Gasteiger partial charge in [0, 0.05) is 51.2 Å². The molecule has 6 nitrogen and oxygen atoms in total. The molecule has 0 spiro atoms. The zero-order valence-electron chi connectivity index (χ0n) is 22.5. The summed E-state index contributed by atoms with van der Waals surface area (Å²) in [5, 5.41) is 0. The fourth-order valence-electron chi connectivity index (χ4n) is 8.59. The van der Waals surface area contributed by atoms with Crippen LogP contribution in [0.3, 0.4) is 0 Å². The van der Waals surface area contributed by atoms with Gasteiger partial charge >= 0.3 is 17.9 Å². The second-order valence-electron chi connectivity index (χ2n) is 13.1. The summed E-state index contributed by atoms with van der Waals surface area (Å²) in [7, 11) is 0. The van der Waals surface area contributed by atoms with E-state index in [1.54, 1.807) is 0 Å². The highest BCUT2D eigenvalue weighted by Crippen LogP contribution is 2.69. The number of hydrogen-bond acceptors (Lipinski definition) is 6. The van der Waals surface area contributed by atoms with Crippen molar-refractivity contribution in [2.24, 2.45) is 34.0 Å². The van der Waals surface area contributed by atoms with Crippen LogP contribution in [0.15, 0.2) is 54.7 Å². The summed E-state index contributed by atoms with van der Waals surface area (Å²) in [4.78, 5) is 39.3. The van der Waals surface area contributed by atoms with Gasteiger partial charge in [0.2, 0.25) is 0 Å². The standard InChI is InChI=1S/C33H36O6/c1-19(31-10-4-7-22(31)16-31)28(34)37-25-13-26(38-29(35)20(2)32-11-5-8-23(32)17-32)15-27(14-25)39-30(36)21(3)33-12-6-9-24(33)18-33/h13-15,22-24H,1-12,16-18H2. The van der Waals surface area contributed by atoms with E-state index in [1.807, 2.05) is 0 Å². The van der Waals surface area contributed by atoms with Crippen molar-refractivity contribution in [1.29, 1.82) is 0 Å². The van der Waals surface area contributed by atoms with Crippen LogP contribution in [-0.4, -0.2) is 17.9 Å². The number of rotatable bonds is 9. The number of benzene rings is 1. The van der Waals surface area contributed by atoms with E-state index in [0.717, 1.165) is 77.0 Å². The molecule has 7 rings (SSSR count). The molecule has 204 valence electrons. The van der Waals surface area contributed by atoms with Crippen molar-refractivity contribution in [2.45, 2.75) is 77.0 Å². The number of carbonyl (C=O) groups is 3. The number of carbonyl (C=O) groups excluding carboxylic acids is 3. The van der Waals surface area contributed by atoms with Crippen molar-refractivity contribution in [3.8, 4) is 17.2 Å². The summed E-state index contributed by atoms with van der Waals surface area (Å²) in [5.74, 6) is 0.486. The third-order valence-electron chi connectivity index (χ3n) is 11.2. The minimum atomic E-state index is -0.495. The van der Waals surface area contributed by atoms with Gasteiger partial charge in [-0.1, -0.05) is 39.0 Å². The van der Waals surface area contributed by atoms with E-state index in [1.165, 1.54) is 18.2 Å². The molecule has 0 saturated heterocycles. The second kappa shape index (κ2) is 8.42. The molecule has 6 heteroatoms. The largest absolute Gasteiger partial charge is 0.423 e. The predicted molar refractivity (Wildman–Crippen MR) is 144 cm³/mol. The van der Waals surface area contributed by atoms with Crippen LogP contribution in [0.1, 0.15) is 77.0 Å². The molecule has 0 radical (unpaired) electrons. The van der Waals surface area contributed by atoms with Crippen molar-refractivity contribution < 1.29 is 28.6 Å². The molecule has 39 heavy (non-hydrogen) atoms. The maximum absolute atomic E-state index is 13.1. The Labute approximate surface area is 229 Å². The van der Waals surface area contributed by atoms with Gasteiger partial charge in [-0.15, -0.1) is 0 Å².